The molecule has 0 saturated carbocycles. The maximum atomic E-state index is 13.2. The summed E-state index contributed by atoms with van der Waals surface area (Å²) in [6.07, 6.45) is -5.53. The zero-order chi connectivity index (χ0) is 27.4. The van der Waals surface area contributed by atoms with Crippen LogP contribution < -0.4 is 9.47 Å². The van der Waals surface area contributed by atoms with E-state index in [0.717, 1.165) is 11.6 Å². The predicted octanol–water partition coefficient (Wildman–Crippen LogP) is 5.90. The maximum absolute atomic E-state index is 13.2. The van der Waals surface area contributed by atoms with Crippen molar-refractivity contribution in [3.63, 3.8) is 0 Å². The third-order valence-electron chi connectivity index (χ3n) is 4.46. The second-order valence-corrected chi connectivity index (χ2v) is 8.52. The molecule has 13 heteroatoms. The van der Waals surface area contributed by atoms with Crippen LogP contribution in [-0.4, -0.2) is 36.2 Å². The monoisotopic (exact) mass is 546 g/mol. The Balaban J connectivity index is 2.12. The van der Waals surface area contributed by atoms with E-state index in [4.69, 9.17) is 28.2 Å². The number of ether oxygens (including phenoxy) is 2. The van der Waals surface area contributed by atoms with Crippen molar-refractivity contribution < 1.29 is 55.7 Å². The molecule has 1 N–H and O–H groups in total. The summed E-state index contributed by atoms with van der Waals surface area (Å²) in [5, 5.41) is 8.66. The first-order valence-electron chi connectivity index (χ1n) is 11.2. The van der Waals surface area contributed by atoms with Crippen molar-refractivity contribution in [3.8, 4) is 11.5 Å². The number of carbonyl (C=O) groups excluding carboxylic acids is 2. The van der Waals surface area contributed by atoms with Crippen molar-refractivity contribution in [3.05, 3.63) is 59.2 Å². The number of benzene rings is 2. The van der Waals surface area contributed by atoms with E-state index in [0.29, 0.717) is 25.3 Å². The summed E-state index contributed by atoms with van der Waals surface area (Å²) in [5.41, 5.74) is -0.830. The molecule has 0 atom stereocenters. The van der Waals surface area contributed by atoms with Gasteiger partial charge in [0.25, 0.3) is 0 Å². The van der Waals surface area contributed by atoms with Gasteiger partial charge in [-0.2, -0.15) is 13.2 Å². The topological polar surface area (TPSA) is 118 Å². The molecule has 2 aromatic carbocycles. The first-order chi connectivity index (χ1) is 17.5. The highest BCUT2D eigenvalue weighted by Gasteiger charge is 2.32. The van der Waals surface area contributed by atoms with E-state index >= 15 is 0 Å². The second-order valence-electron chi connectivity index (χ2n) is 7.30. The van der Waals surface area contributed by atoms with Gasteiger partial charge < -0.3 is 28.2 Å². The van der Waals surface area contributed by atoms with E-state index in [-0.39, 0.29) is 31.6 Å². The quantitative estimate of drug-likeness (QED) is 0.176. The molecule has 0 aliphatic carbocycles. The van der Waals surface area contributed by atoms with Crippen molar-refractivity contribution in [1.29, 1.82) is 0 Å². The molecule has 0 aliphatic rings. The number of carboxylic acids is 1. The number of alkyl halides is 3. The Morgan fingerprint density at radius 2 is 1.54 bits per heavy atom. The van der Waals surface area contributed by atoms with Gasteiger partial charge in [0.05, 0.1) is 25.4 Å². The Morgan fingerprint density at radius 1 is 0.892 bits per heavy atom. The maximum Gasteiger partial charge on any atom is 0.416 e. The molecule has 202 valence electrons. The predicted molar refractivity (Wildman–Crippen MR) is 125 cm³/mol. The first kappa shape index (κ1) is 30.2. The zero-order valence-corrected chi connectivity index (χ0v) is 21.0. The number of hydrogen-bond donors (Lipinski definition) is 1. The van der Waals surface area contributed by atoms with Gasteiger partial charge in [0.15, 0.2) is 0 Å². The summed E-state index contributed by atoms with van der Waals surface area (Å²) in [6.45, 7) is 4.63. The van der Waals surface area contributed by atoms with Crippen LogP contribution in [0, 0.1) is 0 Å². The summed E-state index contributed by atoms with van der Waals surface area (Å²) in [6, 6.07) is 8.17. The second kappa shape index (κ2) is 14.6. The highest BCUT2D eigenvalue weighted by molar-refractivity contribution is 7.41. The molecular weight excluding hydrogens is 520 g/mol. The lowest BCUT2D eigenvalue weighted by Gasteiger charge is -2.15. The van der Waals surface area contributed by atoms with Crippen LogP contribution in [0.3, 0.4) is 0 Å². The molecule has 9 nitrogen and oxygen atoms in total. The van der Waals surface area contributed by atoms with E-state index in [1.54, 1.807) is 12.1 Å². The Morgan fingerprint density at radius 3 is 2.11 bits per heavy atom. The van der Waals surface area contributed by atoms with Crippen LogP contribution in [0.1, 0.15) is 54.6 Å². The Kier molecular flexibility index (Phi) is 11.9. The summed E-state index contributed by atoms with van der Waals surface area (Å²) in [4.78, 5) is 35.3. The van der Waals surface area contributed by atoms with E-state index in [9.17, 15) is 27.6 Å². The van der Waals surface area contributed by atoms with Gasteiger partial charge in [-0.15, -0.1) is 0 Å². The van der Waals surface area contributed by atoms with Gasteiger partial charge in [0, 0.05) is 12.8 Å². The van der Waals surface area contributed by atoms with Gasteiger partial charge in [-0.1, -0.05) is 12.1 Å². The molecule has 0 unspecified atom stereocenters. The summed E-state index contributed by atoms with van der Waals surface area (Å²) in [7, 11) is -1.50. The molecule has 2 aromatic rings. The van der Waals surface area contributed by atoms with Crippen LogP contribution in [0.2, 0.25) is 0 Å². The van der Waals surface area contributed by atoms with E-state index in [1.165, 1.54) is 12.1 Å². The lowest BCUT2D eigenvalue weighted by molar-refractivity contribution is -0.140. The van der Waals surface area contributed by atoms with Crippen molar-refractivity contribution >= 4 is 26.5 Å². The van der Waals surface area contributed by atoms with Gasteiger partial charge in [-0.3, -0.25) is 9.59 Å². The van der Waals surface area contributed by atoms with Crippen LogP contribution in [0.4, 0.5) is 13.2 Å². The van der Waals surface area contributed by atoms with Gasteiger partial charge in [0.1, 0.15) is 17.1 Å². The molecule has 0 bridgehead atoms. The van der Waals surface area contributed by atoms with Crippen molar-refractivity contribution in [2.75, 3.05) is 13.2 Å². The highest BCUT2D eigenvalue weighted by Crippen LogP contribution is 2.40. The summed E-state index contributed by atoms with van der Waals surface area (Å²) in [5.74, 6) is -3.74. The highest BCUT2D eigenvalue weighted by atomic mass is 31.2. The Hall–Kier alpha value is -3.05. The van der Waals surface area contributed by atoms with Crippen LogP contribution in [0.5, 0.6) is 11.5 Å². The Bertz CT molecular complexity index is 1050. The first-order valence-corrected chi connectivity index (χ1v) is 12.3. The molecule has 0 heterocycles. The van der Waals surface area contributed by atoms with E-state index < -0.39 is 49.6 Å². The van der Waals surface area contributed by atoms with Crippen LogP contribution in [0.15, 0.2) is 42.5 Å². The summed E-state index contributed by atoms with van der Waals surface area (Å²) >= 11 is 0. The van der Waals surface area contributed by atoms with Crippen molar-refractivity contribution in [1.82, 2.24) is 0 Å². The minimum atomic E-state index is -4.75. The number of halogens is 3. The van der Waals surface area contributed by atoms with Crippen molar-refractivity contribution in [2.45, 2.75) is 45.9 Å². The summed E-state index contributed by atoms with van der Waals surface area (Å²) < 4.78 is 66.0. The van der Waals surface area contributed by atoms with Gasteiger partial charge in [0.2, 0.25) is 0 Å². The SMILES string of the molecule is CCOP(OCC)OCc1ccc(OC(=O)c2ccc(C(F)(F)F)cc2OC(=O)CCCC(=O)O)cc1. The molecule has 0 amide bonds. The molecule has 37 heavy (non-hydrogen) atoms. The minimum absolute atomic E-state index is 0.0833. The average molecular weight is 546 g/mol. The van der Waals surface area contributed by atoms with Crippen LogP contribution in [-0.2, 0) is 35.9 Å². The van der Waals surface area contributed by atoms with Gasteiger partial charge in [-0.25, -0.2) is 4.79 Å². The lowest BCUT2D eigenvalue weighted by Crippen LogP contribution is -2.16. The number of carboxylic acid groups (broad SMARTS) is 1. The van der Waals surface area contributed by atoms with Crippen LogP contribution >= 0.6 is 8.60 Å². The molecule has 0 saturated heterocycles. The van der Waals surface area contributed by atoms with Gasteiger partial charge in [-0.05, 0) is 56.2 Å². The normalized spacial score (nSPS) is 11.4. The Labute approximate surface area is 212 Å². The molecule has 0 aromatic heterocycles. The van der Waals surface area contributed by atoms with Crippen LogP contribution in [0.25, 0.3) is 0 Å². The average Bonchev–Trinajstić information content (AvgIpc) is 2.83. The minimum Gasteiger partial charge on any atom is -0.481 e. The number of carbonyl (C=O) groups is 3. The molecular formula is C24H26F3O9P. The van der Waals surface area contributed by atoms with E-state index in [1.807, 2.05) is 13.8 Å². The molecule has 0 radical (unpaired) electrons. The molecule has 2 rings (SSSR count). The fourth-order valence-corrected chi connectivity index (χ4v) is 3.67. The number of rotatable bonds is 14. The zero-order valence-electron chi connectivity index (χ0n) is 20.1. The fraction of sp³-hybridized carbons (Fsp3) is 0.375. The number of hydrogen-bond acceptors (Lipinski definition) is 8. The third kappa shape index (κ3) is 10.5. The molecule has 0 fully saturated rings. The lowest BCUT2D eigenvalue weighted by atomic mass is 10.1. The molecule has 0 aliphatic heterocycles. The number of esters is 2. The van der Waals surface area contributed by atoms with E-state index in [2.05, 4.69) is 0 Å². The molecule has 0 spiro atoms. The number of aliphatic carboxylic acids is 1. The smallest absolute Gasteiger partial charge is 0.416 e. The fourth-order valence-electron chi connectivity index (χ4n) is 2.77. The van der Waals surface area contributed by atoms with Crippen molar-refractivity contribution in [2.24, 2.45) is 0 Å². The van der Waals surface area contributed by atoms with Gasteiger partial charge >= 0.3 is 32.7 Å². The standard InChI is InChI=1S/C24H26F3O9P/c1-3-32-37(33-4-2)34-15-16-8-11-18(12-9-16)35-23(31)19-13-10-17(24(25,26)27)14-20(19)36-22(30)7-5-6-21(28)29/h8-14H,3-7,15H2,1-2H3,(H,28,29). The largest absolute Gasteiger partial charge is 0.481 e. The third-order valence-corrected chi connectivity index (χ3v) is 5.74.